The maximum Gasteiger partial charge on any atom is 0.0722 e. The third-order valence-electron chi connectivity index (χ3n) is 4.97. The van der Waals surface area contributed by atoms with E-state index in [9.17, 15) is 0 Å². The Morgan fingerprint density at radius 2 is 1.54 bits per heavy atom. The van der Waals surface area contributed by atoms with Crippen molar-refractivity contribution in [2.24, 2.45) is 0 Å². The number of nitrogens with zero attached hydrogens (tertiary/aromatic N) is 1. The van der Waals surface area contributed by atoms with E-state index in [-0.39, 0.29) is 0 Å². The molecule has 0 unspecified atom stereocenters. The molecule has 3 heteroatoms. The lowest BCUT2D eigenvalue weighted by Crippen LogP contribution is -1.91. The Bertz CT molecular complexity index is 1330. The number of rotatable bonds is 2. The van der Waals surface area contributed by atoms with Crippen molar-refractivity contribution in [2.45, 2.75) is 0 Å². The first kappa shape index (κ1) is 17.4. The molecule has 0 aliphatic heterocycles. The number of fused-ring (bicyclic) bond motifs is 3. The van der Waals surface area contributed by atoms with Crippen LogP contribution in [0, 0.1) is 0 Å². The number of pyridine rings is 1. The molecule has 0 radical (unpaired) electrons. The van der Waals surface area contributed by atoms with Gasteiger partial charge in [-0.3, -0.25) is 0 Å². The average molecular weight is 445 g/mol. The summed E-state index contributed by atoms with van der Waals surface area (Å²) >= 11 is 9.83. The fourth-order valence-electron chi connectivity index (χ4n) is 3.66. The van der Waals surface area contributed by atoms with Crippen molar-refractivity contribution in [3.05, 3.63) is 100 Å². The van der Waals surface area contributed by atoms with Crippen LogP contribution in [0.25, 0.3) is 44.1 Å². The highest BCUT2D eigenvalue weighted by atomic mass is 79.9. The largest absolute Gasteiger partial charge is 0.248 e. The summed E-state index contributed by atoms with van der Waals surface area (Å²) in [6.45, 7) is 0. The van der Waals surface area contributed by atoms with Crippen LogP contribution in [0.4, 0.5) is 0 Å². The molecule has 0 bridgehead atoms. The quantitative estimate of drug-likeness (QED) is 0.250. The zero-order valence-electron chi connectivity index (χ0n) is 14.9. The average Bonchev–Trinajstić information content (AvgIpc) is 2.73. The van der Waals surface area contributed by atoms with Crippen LogP contribution < -0.4 is 0 Å². The predicted octanol–water partition coefficient (Wildman–Crippen LogP) is 8.14. The number of hydrogen-bond donors (Lipinski definition) is 0. The third kappa shape index (κ3) is 3.09. The van der Waals surface area contributed by atoms with Crippen LogP contribution in [0.2, 0.25) is 5.02 Å². The molecule has 1 aromatic heterocycles. The van der Waals surface area contributed by atoms with Gasteiger partial charge in [-0.25, -0.2) is 4.98 Å². The molecule has 134 valence electrons. The molecule has 0 atom stereocenters. The summed E-state index contributed by atoms with van der Waals surface area (Å²) in [6, 6.07) is 31.1. The summed E-state index contributed by atoms with van der Waals surface area (Å²) in [5, 5.41) is 4.29. The summed E-state index contributed by atoms with van der Waals surface area (Å²) in [5.74, 6) is 0. The first-order valence-corrected chi connectivity index (χ1v) is 10.2. The van der Waals surface area contributed by atoms with Crippen LogP contribution >= 0.6 is 27.5 Å². The number of aromatic nitrogens is 1. The van der Waals surface area contributed by atoms with E-state index < -0.39 is 0 Å². The molecule has 4 aromatic carbocycles. The van der Waals surface area contributed by atoms with Gasteiger partial charge in [-0.05, 0) is 58.3 Å². The summed E-state index contributed by atoms with van der Waals surface area (Å²) in [5.41, 5.74) is 5.25. The third-order valence-corrected chi connectivity index (χ3v) is 5.74. The Kier molecular flexibility index (Phi) is 4.38. The second-order valence-electron chi connectivity index (χ2n) is 6.75. The Hall–Kier alpha value is -2.68. The van der Waals surface area contributed by atoms with Gasteiger partial charge in [0.15, 0.2) is 0 Å². The fraction of sp³-hybridized carbons (Fsp3) is 0. The molecule has 0 aliphatic carbocycles. The second-order valence-corrected chi connectivity index (χ2v) is 8.11. The van der Waals surface area contributed by atoms with Crippen LogP contribution in [0.3, 0.4) is 0 Å². The highest BCUT2D eigenvalue weighted by molar-refractivity contribution is 9.10. The first-order chi connectivity index (χ1) is 13.7. The molecule has 0 saturated carbocycles. The minimum Gasteiger partial charge on any atom is -0.248 e. The molecule has 0 aliphatic rings. The van der Waals surface area contributed by atoms with Crippen molar-refractivity contribution in [1.82, 2.24) is 4.98 Å². The minimum absolute atomic E-state index is 0.730. The van der Waals surface area contributed by atoms with E-state index in [0.717, 1.165) is 42.8 Å². The molecular formula is C25H15BrClN. The molecule has 5 rings (SSSR count). The Morgan fingerprint density at radius 1 is 0.714 bits per heavy atom. The van der Waals surface area contributed by atoms with Crippen LogP contribution in [-0.4, -0.2) is 4.98 Å². The van der Waals surface area contributed by atoms with Crippen LogP contribution in [0.15, 0.2) is 95.5 Å². The van der Waals surface area contributed by atoms with Gasteiger partial charge >= 0.3 is 0 Å². The van der Waals surface area contributed by atoms with Crippen molar-refractivity contribution in [3.8, 4) is 22.4 Å². The number of hydrogen-bond acceptors (Lipinski definition) is 1. The fourth-order valence-corrected chi connectivity index (χ4v) is 4.11. The van der Waals surface area contributed by atoms with Crippen LogP contribution in [-0.2, 0) is 0 Å². The molecule has 0 amide bonds. The van der Waals surface area contributed by atoms with E-state index in [1.807, 2.05) is 30.3 Å². The van der Waals surface area contributed by atoms with Crippen molar-refractivity contribution < 1.29 is 0 Å². The van der Waals surface area contributed by atoms with Gasteiger partial charge in [0.2, 0.25) is 0 Å². The molecule has 0 spiro atoms. The van der Waals surface area contributed by atoms with E-state index >= 15 is 0 Å². The Balaban J connectivity index is 1.89. The first-order valence-electron chi connectivity index (χ1n) is 9.03. The number of halogens is 2. The van der Waals surface area contributed by atoms with E-state index in [1.165, 1.54) is 10.8 Å². The molecule has 1 heterocycles. The van der Waals surface area contributed by atoms with Crippen molar-refractivity contribution >= 4 is 49.2 Å². The molecule has 1 nitrogen and oxygen atoms in total. The van der Waals surface area contributed by atoms with Crippen molar-refractivity contribution in [2.75, 3.05) is 0 Å². The standard InChI is InChI=1S/C25H15BrClN/c26-19-11-8-17(9-12-19)24-15-22(18-5-3-6-20(27)14-18)25-21-7-2-1-4-16(21)10-13-23(25)28-24/h1-15H. The predicted molar refractivity (Wildman–Crippen MR) is 123 cm³/mol. The van der Waals surface area contributed by atoms with E-state index in [1.54, 1.807) is 0 Å². The normalized spacial score (nSPS) is 11.2. The summed E-state index contributed by atoms with van der Waals surface area (Å²) in [4.78, 5) is 4.99. The lowest BCUT2D eigenvalue weighted by molar-refractivity contribution is 1.40. The van der Waals surface area contributed by atoms with Crippen molar-refractivity contribution in [1.29, 1.82) is 0 Å². The Labute approximate surface area is 176 Å². The number of benzene rings is 4. The highest BCUT2D eigenvalue weighted by Crippen LogP contribution is 2.37. The summed E-state index contributed by atoms with van der Waals surface area (Å²) in [7, 11) is 0. The van der Waals surface area contributed by atoms with Gasteiger partial charge in [0.05, 0.1) is 11.2 Å². The lowest BCUT2D eigenvalue weighted by atomic mass is 9.94. The van der Waals surface area contributed by atoms with Crippen LogP contribution in [0.1, 0.15) is 0 Å². The van der Waals surface area contributed by atoms with Gasteiger partial charge in [-0.1, -0.05) is 82.1 Å². The topological polar surface area (TPSA) is 12.9 Å². The molecule has 0 N–H and O–H groups in total. The van der Waals surface area contributed by atoms with Gasteiger partial charge < -0.3 is 0 Å². The van der Waals surface area contributed by atoms with Crippen LogP contribution in [0.5, 0.6) is 0 Å². The second kappa shape index (κ2) is 7.05. The lowest BCUT2D eigenvalue weighted by Gasteiger charge is -2.13. The Morgan fingerprint density at radius 3 is 2.36 bits per heavy atom. The molecule has 5 aromatic rings. The minimum atomic E-state index is 0.730. The summed E-state index contributed by atoms with van der Waals surface area (Å²) < 4.78 is 1.05. The van der Waals surface area contributed by atoms with E-state index in [4.69, 9.17) is 16.6 Å². The van der Waals surface area contributed by atoms with Gasteiger partial charge in [0.25, 0.3) is 0 Å². The summed E-state index contributed by atoms with van der Waals surface area (Å²) in [6.07, 6.45) is 0. The monoisotopic (exact) mass is 443 g/mol. The molecular weight excluding hydrogens is 430 g/mol. The van der Waals surface area contributed by atoms with Gasteiger partial charge in [-0.15, -0.1) is 0 Å². The highest BCUT2D eigenvalue weighted by Gasteiger charge is 2.13. The van der Waals surface area contributed by atoms with E-state index in [2.05, 4.69) is 76.6 Å². The van der Waals surface area contributed by atoms with Gasteiger partial charge in [0.1, 0.15) is 0 Å². The molecule has 28 heavy (non-hydrogen) atoms. The van der Waals surface area contributed by atoms with Gasteiger partial charge in [-0.2, -0.15) is 0 Å². The molecule has 0 fully saturated rings. The maximum atomic E-state index is 6.32. The van der Waals surface area contributed by atoms with Gasteiger partial charge in [0, 0.05) is 20.4 Å². The smallest absolute Gasteiger partial charge is 0.0722 e. The zero-order chi connectivity index (χ0) is 19.1. The molecule has 0 saturated heterocycles. The van der Waals surface area contributed by atoms with Crippen molar-refractivity contribution in [3.63, 3.8) is 0 Å². The zero-order valence-corrected chi connectivity index (χ0v) is 17.2. The SMILES string of the molecule is Clc1cccc(-c2cc(-c3ccc(Br)cc3)nc3ccc4ccccc4c23)c1. The maximum absolute atomic E-state index is 6.32. The van der Waals surface area contributed by atoms with E-state index in [0.29, 0.717) is 0 Å².